The van der Waals surface area contributed by atoms with Crippen LogP contribution in [-0.2, 0) is 17.8 Å². The van der Waals surface area contributed by atoms with Gasteiger partial charge in [-0.1, -0.05) is 29.8 Å². The number of halogens is 1. The van der Waals surface area contributed by atoms with Gasteiger partial charge in [0.1, 0.15) is 11.5 Å². The number of carbonyl (C=O) groups is 1. The molecule has 0 aliphatic heterocycles. The minimum Gasteiger partial charge on any atom is -0.497 e. The topological polar surface area (TPSA) is 65.0 Å². The predicted molar refractivity (Wildman–Crippen MR) is 130 cm³/mol. The lowest BCUT2D eigenvalue weighted by atomic mass is 10.2. The van der Waals surface area contributed by atoms with Crippen molar-refractivity contribution in [3.63, 3.8) is 0 Å². The quantitative estimate of drug-likeness (QED) is 0.386. The summed E-state index contributed by atoms with van der Waals surface area (Å²) in [7, 11) is 4.80. The van der Waals surface area contributed by atoms with Crippen molar-refractivity contribution in [1.82, 2.24) is 9.47 Å². The van der Waals surface area contributed by atoms with Gasteiger partial charge in [-0.15, -0.1) is 0 Å². The second kappa shape index (κ2) is 12.2. The number of urea groups is 1. The van der Waals surface area contributed by atoms with Crippen molar-refractivity contribution in [2.45, 2.75) is 19.5 Å². The van der Waals surface area contributed by atoms with Gasteiger partial charge in [-0.3, -0.25) is 0 Å². The number of nitrogens with zero attached hydrogens (tertiary/aromatic N) is 2. The lowest BCUT2D eigenvalue weighted by Gasteiger charge is -2.24. The van der Waals surface area contributed by atoms with Crippen LogP contribution in [0, 0.1) is 0 Å². The largest absolute Gasteiger partial charge is 0.497 e. The highest BCUT2D eigenvalue weighted by atomic mass is 35.5. The summed E-state index contributed by atoms with van der Waals surface area (Å²) in [5.41, 5.74) is 2.60. The Labute approximate surface area is 199 Å². The Morgan fingerprint density at radius 2 is 1.88 bits per heavy atom. The Morgan fingerprint density at radius 1 is 1.06 bits per heavy atom. The number of rotatable bonds is 11. The maximum atomic E-state index is 13.2. The van der Waals surface area contributed by atoms with Crippen LogP contribution in [0.1, 0.15) is 17.7 Å². The molecule has 0 radical (unpaired) electrons. The second-order valence-electron chi connectivity index (χ2n) is 7.48. The Bertz CT molecular complexity index is 1050. The van der Waals surface area contributed by atoms with Gasteiger partial charge in [0.15, 0.2) is 0 Å². The van der Waals surface area contributed by atoms with Crippen LogP contribution in [0.15, 0.2) is 60.8 Å². The number of carbonyl (C=O) groups excluding carboxylic acids is 1. The van der Waals surface area contributed by atoms with Crippen molar-refractivity contribution in [1.29, 1.82) is 0 Å². The van der Waals surface area contributed by atoms with E-state index in [2.05, 4.69) is 9.88 Å². The van der Waals surface area contributed by atoms with Crippen LogP contribution in [0.4, 0.5) is 10.5 Å². The van der Waals surface area contributed by atoms with E-state index < -0.39 is 0 Å². The third kappa shape index (κ3) is 6.66. The highest BCUT2D eigenvalue weighted by Gasteiger charge is 2.18. The third-order valence-electron chi connectivity index (χ3n) is 5.29. The Hall–Kier alpha value is -3.16. The number of anilines is 1. The summed E-state index contributed by atoms with van der Waals surface area (Å²) in [4.78, 5) is 15.0. The fraction of sp³-hybridized carbons (Fsp3) is 0.320. The summed E-state index contributed by atoms with van der Waals surface area (Å²) in [5, 5.41) is 3.69. The molecule has 2 aromatic carbocycles. The van der Waals surface area contributed by atoms with E-state index in [-0.39, 0.29) is 6.03 Å². The maximum absolute atomic E-state index is 13.2. The van der Waals surface area contributed by atoms with Gasteiger partial charge in [-0.05, 0) is 42.3 Å². The molecule has 2 amide bonds. The molecule has 0 bridgehead atoms. The van der Waals surface area contributed by atoms with Gasteiger partial charge >= 0.3 is 6.03 Å². The first-order valence-electron chi connectivity index (χ1n) is 10.7. The molecule has 7 nitrogen and oxygen atoms in total. The summed E-state index contributed by atoms with van der Waals surface area (Å²) in [6, 6.07) is 16.8. The number of nitrogens with one attached hydrogen (secondary N) is 1. The monoisotopic (exact) mass is 471 g/mol. The number of benzene rings is 2. The van der Waals surface area contributed by atoms with Crippen LogP contribution in [0.5, 0.6) is 11.5 Å². The minimum atomic E-state index is -0.222. The molecule has 3 rings (SSSR count). The highest BCUT2D eigenvalue weighted by Crippen LogP contribution is 2.29. The standard InChI is InChI=1S/C25H30ClN3O4/c1-31-15-7-14-29(25(30)27-23-12-11-21(32-2)16-24(23)33-3)18-20-9-6-13-28(20)17-19-8-4-5-10-22(19)26/h4-6,8-13,16H,7,14-15,17-18H2,1-3H3,(H,27,30). The van der Waals surface area contributed by atoms with Crippen LogP contribution in [0.3, 0.4) is 0 Å². The molecule has 0 saturated heterocycles. The van der Waals surface area contributed by atoms with Crippen molar-refractivity contribution >= 4 is 23.3 Å². The molecule has 1 N–H and O–H groups in total. The first-order chi connectivity index (χ1) is 16.0. The molecule has 0 atom stereocenters. The van der Waals surface area contributed by atoms with Gasteiger partial charge in [0.05, 0.1) is 26.5 Å². The van der Waals surface area contributed by atoms with E-state index in [0.29, 0.717) is 43.4 Å². The molecule has 0 fully saturated rings. The Balaban J connectivity index is 1.77. The van der Waals surface area contributed by atoms with Crippen LogP contribution < -0.4 is 14.8 Å². The Morgan fingerprint density at radius 3 is 2.61 bits per heavy atom. The zero-order valence-electron chi connectivity index (χ0n) is 19.2. The highest BCUT2D eigenvalue weighted by molar-refractivity contribution is 6.31. The molecule has 0 saturated carbocycles. The number of aromatic nitrogens is 1. The average Bonchev–Trinajstić information content (AvgIpc) is 3.26. The van der Waals surface area contributed by atoms with Crippen LogP contribution in [-0.4, -0.2) is 50.0 Å². The zero-order chi connectivity index (χ0) is 23.6. The normalized spacial score (nSPS) is 10.7. The molecule has 0 unspecified atom stereocenters. The lowest BCUT2D eigenvalue weighted by molar-refractivity contribution is 0.171. The molecule has 33 heavy (non-hydrogen) atoms. The van der Waals surface area contributed by atoms with E-state index in [9.17, 15) is 4.79 Å². The molecule has 1 aromatic heterocycles. The summed E-state index contributed by atoms with van der Waals surface area (Å²) in [5.74, 6) is 1.18. The van der Waals surface area contributed by atoms with Crippen LogP contribution >= 0.6 is 11.6 Å². The fourth-order valence-corrected chi connectivity index (χ4v) is 3.70. The maximum Gasteiger partial charge on any atom is 0.322 e. The van der Waals surface area contributed by atoms with Crippen molar-refractivity contribution in [3.05, 3.63) is 77.1 Å². The van der Waals surface area contributed by atoms with Crippen molar-refractivity contribution in [2.24, 2.45) is 0 Å². The van der Waals surface area contributed by atoms with E-state index in [1.807, 2.05) is 42.6 Å². The SMILES string of the molecule is COCCCN(Cc1cccn1Cc1ccccc1Cl)C(=O)Nc1ccc(OC)cc1OC. The number of methoxy groups -OCH3 is 3. The average molecular weight is 472 g/mol. The molecule has 0 aliphatic carbocycles. The van der Waals surface area contributed by atoms with Gasteiger partial charge in [0, 0.05) is 49.8 Å². The first-order valence-corrected chi connectivity index (χ1v) is 11.1. The van der Waals surface area contributed by atoms with E-state index in [1.165, 1.54) is 0 Å². The number of hydrogen-bond acceptors (Lipinski definition) is 4. The fourth-order valence-electron chi connectivity index (χ4n) is 3.50. The van der Waals surface area contributed by atoms with Crippen molar-refractivity contribution in [2.75, 3.05) is 39.8 Å². The summed E-state index contributed by atoms with van der Waals surface area (Å²) < 4.78 is 18.0. The molecule has 176 valence electrons. The van der Waals surface area contributed by atoms with E-state index in [0.717, 1.165) is 22.7 Å². The molecule has 0 aliphatic rings. The molecule has 0 spiro atoms. The van der Waals surface area contributed by atoms with Crippen molar-refractivity contribution in [3.8, 4) is 11.5 Å². The summed E-state index contributed by atoms with van der Waals surface area (Å²) >= 11 is 6.35. The van der Waals surface area contributed by atoms with Gasteiger partial charge in [-0.2, -0.15) is 0 Å². The van der Waals surface area contributed by atoms with E-state index in [1.54, 1.807) is 44.4 Å². The number of amides is 2. The van der Waals surface area contributed by atoms with Crippen molar-refractivity contribution < 1.29 is 19.0 Å². The zero-order valence-corrected chi connectivity index (χ0v) is 20.0. The molecule has 1 heterocycles. The van der Waals surface area contributed by atoms with E-state index >= 15 is 0 Å². The molecular weight excluding hydrogens is 442 g/mol. The van der Waals surface area contributed by atoms with Gasteiger partial charge in [0.25, 0.3) is 0 Å². The first kappa shape index (κ1) is 24.5. The molecule has 3 aromatic rings. The predicted octanol–water partition coefficient (Wildman–Crippen LogP) is 5.28. The number of hydrogen-bond donors (Lipinski definition) is 1. The second-order valence-corrected chi connectivity index (χ2v) is 7.89. The Kier molecular flexibility index (Phi) is 9.04. The lowest BCUT2D eigenvalue weighted by Crippen LogP contribution is -2.36. The molecular formula is C25H30ClN3O4. The van der Waals surface area contributed by atoms with Gasteiger partial charge < -0.3 is 29.0 Å². The van der Waals surface area contributed by atoms with Crippen LogP contribution in [0.2, 0.25) is 5.02 Å². The minimum absolute atomic E-state index is 0.222. The summed E-state index contributed by atoms with van der Waals surface area (Å²) in [6.45, 7) is 2.17. The van der Waals surface area contributed by atoms with Gasteiger partial charge in [-0.25, -0.2) is 4.79 Å². The van der Waals surface area contributed by atoms with Gasteiger partial charge in [0.2, 0.25) is 0 Å². The third-order valence-corrected chi connectivity index (χ3v) is 5.66. The molecule has 8 heteroatoms. The summed E-state index contributed by atoms with van der Waals surface area (Å²) in [6.07, 6.45) is 2.71. The number of ether oxygens (including phenoxy) is 3. The van der Waals surface area contributed by atoms with Crippen LogP contribution in [0.25, 0.3) is 0 Å². The smallest absolute Gasteiger partial charge is 0.322 e. The van der Waals surface area contributed by atoms with E-state index in [4.69, 9.17) is 25.8 Å².